The van der Waals surface area contributed by atoms with Gasteiger partial charge in [0.05, 0.1) is 19.1 Å². The van der Waals surface area contributed by atoms with Crippen LogP contribution in [0, 0.1) is 6.92 Å². The lowest BCUT2D eigenvalue weighted by Gasteiger charge is -2.31. The Hall–Kier alpha value is -3.07. The van der Waals surface area contributed by atoms with Crippen LogP contribution in [0.1, 0.15) is 18.1 Å². The highest BCUT2D eigenvalue weighted by molar-refractivity contribution is 7.92. The van der Waals surface area contributed by atoms with Gasteiger partial charge >= 0.3 is 0 Å². The predicted molar refractivity (Wildman–Crippen MR) is 120 cm³/mol. The fraction of sp³-hybridized carbons (Fsp3) is 0.364. The minimum absolute atomic E-state index is 0.171. The third kappa shape index (κ3) is 6.45. The van der Waals surface area contributed by atoms with Crippen LogP contribution in [0.4, 0.5) is 5.69 Å². The summed E-state index contributed by atoms with van der Waals surface area (Å²) in [7, 11) is -0.804. The molecule has 31 heavy (non-hydrogen) atoms. The molecule has 8 nitrogen and oxygen atoms in total. The highest BCUT2D eigenvalue weighted by Crippen LogP contribution is 2.23. The van der Waals surface area contributed by atoms with E-state index >= 15 is 0 Å². The Bertz CT molecular complexity index is 1040. The molecule has 2 aromatic rings. The van der Waals surface area contributed by atoms with Gasteiger partial charge in [0.2, 0.25) is 21.8 Å². The number of carbonyl (C=O) groups is 2. The van der Waals surface area contributed by atoms with Gasteiger partial charge in [0.15, 0.2) is 0 Å². The number of aryl methyl sites for hydroxylation is 1. The molecule has 0 aromatic heterocycles. The summed E-state index contributed by atoms with van der Waals surface area (Å²) in [5.74, 6) is -0.368. The number of hydrogen-bond donors (Lipinski definition) is 1. The van der Waals surface area contributed by atoms with Crippen molar-refractivity contribution in [3.63, 3.8) is 0 Å². The average molecular weight is 448 g/mol. The van der Waals surface area contributed by atoms with Gasteiger partial charge in [-0.25, -0.2) is 8.42 Å². The van der Waals surface area contributed by atoms with Crippen molar-refractivity contribution in [1.82, 2.24) is 10.2 Å². The summed E-state index contributed by atoms with van der Waals surface area (Å²) in [5.41, 5.74) is 2.17. The molecule has 0 radical (unpaired) electrons. The largest absolute Gasteiger partial charge is 0.497 e. The Morgan fingerprint density at radius 3 is 2.39 bits per heavy atom. The fourth-order valence-electron chi connectivity index (χ4n) is 3.18. The minimum Gasteiger partial charge on any atom is -0.497 e. The molecule has 0 heterocycles. The summed E-state index contributed by atoms with van der Waals surface area (Å²) in [6, 6.07) is 13.3. The van der Waals surface area contributed by atoms with Gasteiger partial charge < -0.3 is 15.0 Å². The van der Waals surface area contributed by atoms with Crippen molar-refractivity contribution >= 4 is 27.5 Å². The first-order valence-electron chi connectivity index (χ1n) is 9.75. The summed E-state index contributed by atoms with van der Waals surface area (Å²) in [4.78, 5) is 27.0. The van der Waals surface area contributed by atoms with E-state index in [1.807, 2.05) is 31.2 Å². The second kappa shape index (κ2) is 10.3. The third-order valence-electron chi connectivity index (χ3n) is 4.87. The maximum Gasteiger partial charge on any atom is 0.244 e. The number of carbonyl (C=O) groups excluding carboxylic acids is 2. The number of likely N-dealkylation sites (N-methyl/N-ethyl adjacent to an activating group) is 1. The van der Waals surface area contributed by atoms with E-state index in [1.165, 1.54) is 19.1 Å². The van der Waals surface area contributed by atoms with Crippen molar-refractivity contribution in [2.24, 2.45) is 0 Å². The number of amides is 2. The van der Waals surface area contributed by atoms with E-state index in [4.69, 9.17) is 4.74 Å². The highest BCUT2D eigenvalue weighted by atomic mass is 32.2. The van der Waals surface area contributed by atoms with Gasteiger partial charge in [-0.3, -0.25) is 13.9 Å². The SMILES string of the molecule is CNC(=O)[C@@H](C)N(Cc1cccc(C)c1)C(=O)CN(c1cccc(OC)c1)S(C)(=O)=O. The molecule has 0 aliphatic rings. The van der Waals surface area contributed by atoms with Gasteiger partial charge in [-0.05, 0) is 31.5 Å². The lowest BCUT2D eigenvalue weighted by molar-refractivity contribution is -0.139. The number of anilines is 1. The molecular formula is C22H29N3O5S. The second-order valence-corrected chi connectivity index (χ2v) is 9.18. The Balaban J connectivity index is 2.39. The summed E-state index contributed by atoms with van der Waals surface area (Å²) < 4.78 is 31.2. The van der Waals surface area contributed by atoms with Crippen LogP contribution in [0.15, 0.2) is 48.5 Å². The van der Waals surface area contributed by atoms with Crippen LogP contribution < -0.4 is 14.4 Å². The zero-order valence-electron chi connectivity index (χ0n) is 18.5. The topological polar surface area (TPSA) is 96.0 Å². The van der Waals surface area contributed by atoms with Crippen molar-refractivity contribution in [1.29, 1.82) is 0 Å². The minimum atomic E-state index is -3.77. The van der Waals surface area contributed by atoms with E-state index in [2.05, 4.69) is 5.32 Å². The number of methoxy groups -OCH3 is 1. The van der Waals surface area contributed by atoms with E-state index in [0.717, 1.165) is 21.7 Å². The number of benzene rings is 2. The number of nitrogens with one attached hydrogen (secondary N) is 1. The third-order valence-corrected chi connectivity index (χ3v) is 6.01. The summed E-state index contributed by atoms with van der Waals surface area (Å²) in [6.07, 6.45) is 1.03. The van der Waals surface area contributed by atoms with Gasteiger partial charge in [0.25, 0.3) is 0 Å². The first-order chi connectivity index (χ1) is 14.6. The normalized spacial score (nSPS) is 12.0. The highest BCUT2D eigenvalue weighted by Gasteiger charge is 2.29. The number of sulfonamides is 1. The van der Waals surface area contributed by atoms with E-state index < -0.39 is 28.5 Å². The van der Waals surface area contributed by atoms with Gasteiger partial charge in [-0.15, -0.1) is 0 Å². The van der Waals surface area contributed by atoms with Crippen molar-refractivity contribution in [3.05, 3.63) is 59.7 Å². The van der Waals surface area contributed by atoms with E-state index in [9.17, 15) is 18.0 Å². The molecule has 2 rings (SSSR count). The van der Waals surface area contributed by atoms with E-state index in [-0.39, 0.29) is 12.5 Å². The molecule has 0 fully saturated rings. The molecule has 0 aliphatic heterocycles. The van der Waals surface area contributed by atoms with Crippen LogP contribution in [-0.4, -0.2) is 58.1 Å². The Kier molecular flexibility index (Phi) is 8.04. The summed E-state index contributed by atoms with van der Waals surface area (Å²) in [6.45, 7) is 3.28. The van der Waals surface area contributed by atoms with Crippen molar-refractivity contribution in [2.45, 2.75) is 26.4 Å². The quantitative estimate of drug-likeness (QED) is 0.634. The maximum absolute atomic E-state index is 13.3. The van der Waals surface area contributed by atoms with Gasteiger partial charge in [-0.2, -0.15) is 0 Å². The summed E-state index contributed by atoms with van der Waals surface area (Å²) >= 11 is 0. The van der Waals surface area contributed by atoms with Crippen LogP contribution in [0.25, 0.3) is 0 Å². The lowest BCUT2D eigenvalue weighted by Crippen LogP contribution is -2.50. The molecule has 1 N–H and O–H groups in total. The molecular weight excluding hydrogens is 418 g/mol. The number of hydrogen-bond acceptors (Lipinski definition) is 5. The first kappa shape index (κ1) is 24.2. The Labute approximate surface area is 183 Å². The molecule has 0 unspecified atom stereocenters. The zero-order chi connectivity index (χ0) is 23.2. The molecule has 9 heteroatoms. The van der Waals surface area contributed by atoms with Gasteiger partial charge in [0.1, 0.15) is 18.3 Å². The summed E-state index contributed by atoms with van der Waals surface area (Å²) in [5, 5.41) is 2.55. The second-order valence-electron chi connectivity index (χ2n) is 7.27. The number of ether oxygens (including phenoxy) is 1. The van der Waals surface area contributed by atoms with E-state index in [1.54, 1.807) is 31.2 Å². The molecule has 168 valence electrons. The van der Waals surface area contributed by atoms with Crippen LogP contribution in [0.5, 0.6) is 5.75 Å². The zero-order valence-corrected chi connectivity index (χ0v) is 19.3. The number of nitrogens with zero attached hydrogens (tertiary/aromatic N) is 2. The molecule has 0 saturated heterocycles. The smallest absolute Gasteiger partial charge is 0.244 e. The Morgan fingerprint density at radius 2 is 1.81 bits per heavy atom. The predicted octanol–water partition coefficient (Wildman–Crippen LogP) is 1.93. The first-order valence-corrected chi connectivity index (χ1v) is 11.6. The van der Waals surface area contributed by atoms with E-state index in [0.29, 0.717) is 11.4 Å². The van der Waals surface area contributed by atoms with Crippen molar-refractivity contribution in [2.75, 3.05) is 31.3 Å². The molecule has 0 saturated carbocycles. The standard InChI is InChI=1S/C22H29N3O5S/c1-16-8-6-9-18(12-16)14-24(17(2)22(27)23-3)21(26)15-25(31(5,28)29)19-10-7-11-20(13-19)30-4/h6-13,17H,14-15H2,1-5H3,(H,23,27)/t17-/m1/s1. The van der Waals surface area contributed by atoms with Crippen LogP contribution in [0.3, 0.4) is 0 Å². The maximum atomic E-state index is 13.3. The molecule has 0 aliphatic carbocycles. The van der Waals surface area contributed by atoms with Gasteiger partial charge in [0, 0.05) is 19.7 Å². The van der Waals surface area contributed by atoms with Gasteiger partial charge in [-0.1, -0.05) is 35.9 Å². The van der Waals surface area contributed by atoms with Crippen LogP contribution in [0.2, 0.25) is 0 Å². The number of rotatable bonds is 9. The molecule has 0 spiro atoms. The van der Waals surface area contributed by atoms with Crippen LogP contribution in [-0.2, 0) is 26.2 Å². The fourth-order valence-corrected chi connectivity index (χ4v) is 4.02. The monoisotopic (exact) mass is 447 g/mol. The molecule has 0 bridgehead atoms. The van der Waals surface area contributed by atoms with Crippen molar-refractivity contribution < 1.29 is 22.7 Å². The average Bonchev–Trinajstić information content (AvgIpc) is 2.73. The van der Waals surface area contributed by atoms with Crippen molar-refractivity contribution in [3.8, 4) is 5.75 Å². The lowest BCUT2D eigenvalue weighted by atomic mass is 10.1. The Morgan fingerprint density at radius 1 is 1.13 bits per heavy atom. The van der Waals surface area contributed by atoms with Crippen LogP contribution >= 0.6 is 0 Å². The molecule has 2 aromatic carbocycles. The molecule has 2 amide bonds. The molecule has 1 atom stereocenters.